The van der Waals surface area contributed by atoms with E-state index < -0.39 is 17.6 Å². The third-order valence-corrected chi connectivity index (χ3v) is 3.41. The Hall–Kier alpha value is -2.70. The van der Waals surface area contributed by atoms with Crippen LogP contribution in [0.15, 0.2) is 42.5 Å². The van der Waals surface area contributed by atoms with Gasteiger partial charge < -0.3 is 15.0 Å². The summed E-state index contributed by atoms with van der Waals surface area (Å²) >= 11 is 0. The number of carbonyl (C=O) groups is 1. The van der Waals surface area contributed by atoms with E-state index >= 15 is 0 Å². The van der Waals surface area contributed by atoms with Crippen LogP contribution in [0.3, 0.4) is 0 Å². The maximum absolute atomic E-state index is 12.9. The molecule has 0 radical (unpaired) electrons. The van der Waals surface area contributed by atoms with Crippen molar-refractivity contribution in [2.24, 2.45) is 0 Å². The van der Waals surface area contributed by atoms with Crippen LogP contribution >= 0.6 is 0 Å². The number of nitrogens with zero attached hydrogens (tertiary/aromatic N) is 1. The molecule has 4 nitrogen and oxygen atoms in total. The van der Waals surface area contributed by atoms with E-state index in [4.69, 9.17) is 4.74 Å². The second-order valence-electron chi connectivity index (χ2n) is 5.28. The molecule has 2 rings (SSSR count). The van der Waals surface area contributed by atoms with Crippen LogP contribution in [-0.2, 0) is 6.18 Å². The van der Waals surface area contributed by atoms with Crippen LogP contribution in [0.2, 0.25) is 0 Å². The Balaban J connectivity index is 2.41. The molecule has 128 valence electrons. The lowest BCUT2D eigenvalue weighted by Gasteiger charge is -2.20. The molecule has 7 heteroatoms. The zero-order valence-corrected chi connectivity index (χ0v) is 13.4. The number of rotatable bonds is 4. The molecule has 0 spiro atoms. The molecule has 2 aromatic rings. The molecule has 2 aromatic carbocycles. The third kappa shape index (κ3) is 3.79. The maximum Gasteiger partial charge on any atom is 0.416 e. The van der Waals surface area contributed by atoms with Gasteiger partial charge in [0, 0.05) is 14.1 Å². The van der Waals surface area contributed by atoms with Gasteiger partial charge in [-0.15, -0.1) is 0 Å². The number of nitrogens with one attached hydrogen (secondary N) is 1. The summed E-state index contributed by atoms with van der Waals surface area (Å²) in [6, 6.07) is 9.71. The first-order valence-electron chi connectivity index (χ1n) is 7.07. The van der Waals surface area contributed by atoms with Gasteiger partial charge in [-0.2, -0.15) is 13.2 Å². The number of amides is 1. The highest BCUT2D eigenvalue weighted by Gasteiger charge is 2.31. The highest BCUT2D eigenvalue weighted by Crippen LogP contribution is 2.35. The number of methoxy groups -OCH3 is 1. The number of hydrogen-bond donors (Lipinski definition) is 1. The summed E-state index contributed by atoms with van der Waals surface area (Å²) in [4.78, 5) is 14.1. The van der Waals surface area contributed by atoms with Crippen molar-refractivity contribution in [2.45, 2.75) is 6.18 Å². The highest BCUT2D eigenvalue weighted by molar-refractivity contribution is 6.07. The SMILES string of the molecule is COc1ccccc1C(=O)Nc1cc(C(F)(F)F)ccc1N(C)C. The fraction of sp³-hybridized carbons (Fsp3) is 0.235. The molecule has 0 aliphatic rings. The topological polar surface area (TPSA) is 41.6 Å². The van der Waals surface area contributed by atoms with Crippen molar-refractivity contribution in [1.29, 1.82) is 0 Å². The molecule has 24 heavy (non-hydrogen) atoms. The summed E-state index contributed by atoms with van der Waals surface area (Å²) in [5, 5.41) is 2.53. The van der Waals surface area contributed by atoms with Crippen molar-refractivity contribution >= 4 is 17.3 Å². The minimum atomic E-state index is -4.49. The minimum Gasteiger partial charge on any atom is -0.496 e. The van der Waals surface area contributed by atoms with Crippen molar-refractivity contribution in [3.8, 4) is 5.75 Å². The lowest BCUT2D eigenvalue weighted by molar-refractivity contribution is -0.137. The summed E-state index contributed by atoms with van der Waals surface area (Å²) in [5.74, 6) is -0.205. The largest absolute Gasteiger partial charge is 0.496 e. The number of halogens is 3. The molecule has 0 aliphatic carbocycles. The number of hydrogen-bond acceptors (Lipinski definition) is 3. The minimum absolute atomic E-state index is 0.0748. The van der Waals surface area contributed by atoms with Gasteiger partial charge in [0.1, 0.15) is 5.75 Å². The van der Waals surface area contributed by atoms with Gasteiger partial charge in [-0.3, -0.25) is 4.79 Å². The number of anilines is 2. The number of benzene rings is 2. The predicted molar refractivity (Wildman–Crippen MR) is 86.7 cm³/mol. The predicted octanol–water partition coefficient (Wildman–Crippen LogP) is 4.03. The summed E-state index contributed by atoms with van der Waals surface area (Å²) in [6.07, 6.45) is -4.49. The van der Waals surface area contributed by atoms with Crippen LogP contribution in [0.5, 0.6) is 5.75 Å². The Morgan fingerprint density at radius 1 is 1.12 bits per heavy atom. The fourth-order valence-corrected chi connectivity index (χ4v) is 2.22. The Morgan fingerprint density at radius 3 is 2.38 bits per heavy atom. The van der Waals surface area contributed by atoms with Gasteiger partial charge in [0.15, 0.2) is 0 Å². The van der Waals surface area contributed by atoms with Gasteiger partial charge in [-0.1, -0.05) is 12.1 Å². The van der Waals surface area contributed by atoms with Gasteiger partial charge in [0.05, 0.1) is 29.6 Å². The zero-order chi connectivity index (χ0) is 17.9. The van der Waals surface area contributed by atoms with Gasteiger partial charge in [-0.25, -0.2) is 0 Å². The van der Waals surface area contributed by atoms with E-state index in [1.54, 1.807) is 37.2 Å². The van der Waals surface area contributed by atoms with E-state index in [-0.39, 0.29) is 11.3 Å². The average Bonchev–Trinajstić information content (AvgIpc) is 2.53. The number of ether oxygens (including phenoxy) is 1. The maximum atomic E-state index is 12.9. The molecular formula is C17H17F3N2O2. The van der Waals surface area contributed by atoms with Crippen molar-refractivity contribution in [2.75, 3.05) is 31.4 Å². The Morgan fingerprint density at radius 2 is 1.79 bits per heavy atom. The second-order valence-corrected chi connectivity index (χ2v) is 5.28. The Bertz CT molecular complexity index is 743. The quantitative estimate of drug-likeness (QED) is 0.915. The van der Waals surface area contributed by atoms with Crippen LogP contribution < -0.4 is 15.0 Å². The molecule has 0 aliphatic heterocycles. The molecule has 0 fully saturated rings. The summed E-state index contributed by atoms with van der Waals surface area (Å²) in [7, 11) is 4.78. The Labute approximate surface area is 137 Å². The zero-order valence-electron chi connectivity index (χ0n) is 13.4. The number of carbonyl (C=O) groups excluding carboxylic acids is 1. The van der Waals surface area contributed by atoms with Crippen LogP contribution in [-0.4, -0.2) is 27.1 Å². The Kier molecular flexibility index (Phi) is 5.02. The van der Waals surface area contributed by atoms with Crippen LogP contribution in [0.1, 0.15) is 15.9 Å². The van der Waals surface area contributed by atoms with E-state index in [9.17, 15) is 18.0 Å². The number of alkyl halides is 3. The van der Waals surface area contributed by atoms with Gasteiger partial charge >= 0.3 is 6.18 Å². The normalized spacial score (nSPS) is 11.1. The van der Waals surface area contributed by atoms with Gasteiger partial charge in [0.25, 0.3) is 5.91 Å². The van der Waals surface area contributed by atoms with Crippen molar-refractivity contribution < 1.29 is 22.7 Å². The second kappa shape index (κ2) is 6.82. The summed E-state index contributed by atoms with van der Waals surface area (Å²) in [6.45, 7) is 0. The standard InChI is InChI=1S/C17H17F3N2O2/c1-22(2)14-9-8-11(17(18,19)20)10-13(14)21-16(23)12-6-4-5-7-15(12)24-3/h4-10H,1-3H3,(H,21,23). The molecular weight excluding hydrogens is 321 g/mol. The molecule has 1 N–H and O–H groups in total. The average molecular weight is 338 g/mol. The fourth-order valence-electron chi connectivity index (χ4n) is 2.22. The molecule has 0 bridgehead atoms. The van der Waals surface area contributed by atoms with Crippen LogP contribution in [0.4, 0.5) is 24.5 Å². The van der Waals surface area contributed by atoms with Crippen molar-refractivity contribution in [3.63, 3.8) is 0 Å². The monoisotopic (exact) mass is 338 g/mol. The van der Waals surface area contributed by atoms with E-state index in [2.05, 4.69) is 5.32 Å². The first kappa shape index (κ1) is 17.7. The van der Waals surface area contributed by atoms with E-state index in [0.29, 0.717) is 11.4 Å². The van der Waals surface area contributed by atoms with Gasteiger partial charge in [-0.05, 0) is 30.3 Å². The highest BCUT2D eigenvalue weighted by atomic mass is 19.4. The lowest BCUT2D eigenvalue weighted by Crippen LogP contribution is -2.18. The molecule has 0 heterocycles. The molecule has 0 atom stereocenters. The smallest absolute Gasteiger partial charge is 0.416 e. The molecule has 0 saturated heterocycles. The van der Waals surface area contributed by atoms with E-state index in [0.717, 1.165) is 12.1 Å². The third-order valence-electron chi connectivity index (χ3n) is 3.41. The van der Waals surface area contributed by atoms with Crippen molar-refractivity contribution in [3.05, 3.63) is 53.6 Å². The van der Waals surface area contributed by atoms with Gasteiger partial charge in [0.2, 0.25) is 0 Å². The number of para-hydroxylation sites is 1. The first-order chi connectivity index (χ1) is 11.2. The lowest BCUT2D eigenvalue weighted by atomic mass is 10.1. The van der Waals surface area contributed by atoms with E-state index in [1.165, 1.54) is 19.2 Å². The van der Waals surface area contributed by atoms with Crippen LogP contribution in [0.25, 0.3) is 0 Å². The summed E-state index contributed by atoms with van der Waals surface area (Å²) in [5.41, 5.74) is -0.0532. The summed E-state index contributed by atoms with van der Waals surface area (Å²) < 4.78 is 43.9. The van der Waals surface area contributed by atoms with Crippen LogP contribution in [0, 0.1) is 0 Å². The van der Waals surface area contributed by atoms with Crippen molar-refractivity contribution in [1.82, 2.24) is 0 Å². The molecule has 0 aromatic heterocycles. The molecule has 0 saturated carbocycles. The van der Waals surface area contributed by atoms with E-state index in [1.807, 2.05) is 0 Å². The first-order valence-corrected chi connectivity index (χ1v) is 7.07. The molecule has 0 unspecified atom stereocenters. The molecule has 1 amide bonds.